The first-order chi connectivity index (χ1) is 8.02. The van der Waals surface area contributed by atoms with E-state index in [0.29, 0.717) is 5.75 Å². The van der Waals surface area contributed by atoms with E-state index < -0.39 is 18.5 Å². The van der Waals surface area contributed by atoms with Crippen LogP contribution in [0.25, 0.3) is 0 Å². The summed E-state index contributed by atoms with van der Waals surface area (Å²) in [6.07, 6.45) is -4.66. The van der Waals surface area contributed by atoms with Crippen molar-refractivity contribution in [2.24, 2.45) is 5.41 Å². The third-order valence-corrected chi connectivity index (χ3v) is 4.14. The Morgan fingerprint density at radius 3 is 1.89 bits per heavy atom. The molecule has 0 saturated carbocycles. The first kappa shape index (κ1) is 18.0. The van der Waals surface area contributed by atoms with Crippen molar-refractivity contribution in [1.82, 2.24) is 0 Å². The highest BCUT2D eigenvalue weighted by Gasteiger charge is 2.56. The summed E-state index contributed by atoms with van der Waals surface area (Å²) in [5.41, 5.74) is 0.211. The maximum absolute atomic E-state index is 12.5. The van der Waals surface area contributed by atoms with Crippen LogP contribution in [-0.2, 0) is 0 Å². The van der Waals surface area contributed by atoms with Crippen molar-refractivity contribution in [3.05, 3.63) is 0 Å². The SMILES string of the molecule is CCC(C)(C)CCSCCCC(F)(F)C(F)(F)F. The van der Waals surface area contributed by atoms with Crippen LogP contribution in [0.1, 0.15) is 46.5 Å². The Morgan fingerprint density at radius 2 is 1.44 bits per heavy atom. The van der Waals surface area contributed by atoms with Gasteiger partial charge in [-0.15, -0.1) is 0 Å². The lowest BCUT2D eigenvalue weighted by Crippen LogP contribution is -2.36. The second kappa shape index (κ2) is 6.96. The zero-order valence-corrected chi connectivity index (χ0v) is 11.9. The minimum absolute atomic E-state index is 0.107. The van der Waals surface area contributed by atoms with E-state index in [2.05, 4.69) is 20.8 Å². The van der Waals surface area contributed by atoms with Gasteiger partial charge in [-0.3, -0.25) is 0 Å². The average molecular weight is 292 g/mol. The molecule has 0 amide bonds. The van der Waals surface area contributed by atoms with Crippen molar-refractivity contribution in [3.8, 4) is 0 Å². The summed E-state index contributed by atoms with van der Waals surface area (Å²) in [4.78, 5) is 0. The Morgan fingerprint density at radius 1 is 0.889 bits per heavy atom. The van der Waals surface area contributed by atoms with Gasteiger partial charge in [0.25, 0.3) is 0 Å². The zero-order valence-electron chi connectivity index (χ0n) is 11.0. The first-order valence-corrected chi connectivity index (χ1v) is 7.19. The van der Waals surface area contributed by atoms with E-state index in [4.69, 9.17) is 0 Å². The van der Waals surface area contributed by atoms with Gasteiger partial charge in [-0.2, -0.15) is 33.7 Å². The van der Waals surface area contributed by atoms with E-state index in [0.717, 1.165) is 18.6 Å². The zero-order chi connectivity index (χ0) is 14.4. The minimum atomic E-state index is -5.41. The topological polar surface area (TPSA) is 0 Å². The van der Waals surface area contributed by atoms with Gasteiger partial charge in [0.05, 0.1) is 0 Å². The molecule has 110 valence electrons. The maximum atomic E-state index is 12.5. The molecule has 0 aliphatic heterocycles. The van der Waals surface area contributed by atoms with Crippen LogP contribution >= 0.6 is 11.8 Å². The normalized spacial score (nSPS) is 14.0. The molecule has 0 rings (SSSR count). The number of alkyl halides is 5. The van der Waals surface area contributed by atoms with Gasteiger partial charge in [-0.05, 0) is 29.8 Å². The molecule has 6 heteroatoms. The molecule has 0 unspecified atom stereocenters. The molecule has 0 aromatic rings. The summed E-state index contributed by atoms with van der Waals surface area (Å²) in [5.74, 6) is -3.39. The summed E-state index contributed by atoms with van der Waals surface area (Å²) in [6, 6.07) is 0. The molecule has 0 radical (unpaired) electrons. The summed E-state index contributed by atoms with van der Waals surface area (Å²) >= 11 is 1.45. The highest BCUT2D eigenvalue weighted by Crippen LogP contribution is 2.39. The van der Waals surface area contributed by atoms with E-state index in [1.165, 1.54) is 11.8 Å². The predicted octanol–water partition coefficient (Wildman–Crippen LogP) is 5.52. The van der Waals surface area contributed by atoms with Crippen LogP contribution in [-0.4, -0.2) is 23.6 Å². The molecular formula is C12H21F5S. The fourth-order valence-corrected chi connectivity index (χ4v) is 2.41. The summed E-state index contributed by atoms with van der Waals surface area (Å²) in [7, 11) is 0. The standard InChI is InChI=1S/C12H21F5S/c1-4-10(2,3)7-9-18-8-5-6-11(13,14)12(15,16)17/h4-9H2,1-3H3. The molecular weight excluding hydrogens is 271 g/mol. The Balaban J connectivity index is 3.70. The molecule has 0 aliphatic carbocycles. The van der Waals surface area contributed by atoms with E-state index in [1.807, 2.05) is 0 Å². The van der Waals surface area contributed by atoms with Crippen LogP contribution in [0.5, 0.6) is 0 Å². The quantitative estimate of drug-likeness (QED) is 0.419. The van der Waals surface area contributed by atoms with Gasteiger partial charge in [-0.25, -0.2) is 0 Å². The second-order valence-corrected chi connectivity index (χ2v) is 6.41. The van der Waals surface area contributed by atoms with Crippen molar-refractivity contribution in [2.75, 3.05) is 11.5 Å². The highest BCUT2D eigenvalue weighted by atomic mass is 32.2. The molecule has 0 nitrogen and oxygen atoms in total. The van der Waals surface area contributed by atoms with Crippen LogP contribution in [0.4, 0.5) is 22.0 Å². The number of hydrogen-bond donors (Lipinski definition) is 0. The Hall–Kier alpha value is -0.0000000000000000555. The molecule has 0 aliphatic rings. The molecule has 18 heavy (non-hydrogen) atoms. The summed E-state index contributed by atoms with van der Waals surface area (Å²) in [5, 5.41) is 0. The molecule has 0 atom stereocenters. The van der Waals surface area contributed by atoms with Gasteiger partial charge in [0.2, 0.25) is 0 Å². The lowest BCUT2D eigenvalue weighted by Gasteiger charge is -2.22. The van der Waals surface area contributed by atoms with Crippen LogP contribution in [0.15, 0.2) is 0 Å². The van der Waals surface area contributed by atoms with Gasteiger partial charge < -0.3 is 0 Å². The van der Waals surface area contributed by atoms with E-state index in [1.54, 1.807) is 0 Å². The molecule has 0 aromatic heterocycles. The van der Waals surface area contributed by atoms with Gasteiger partial charge >= 0.3 is 12.1 Å². The molecule has 0 bridgehead atoms. The third-order valence-electron chi connectivity index (χ3n) is 3.07. The number of rotatable bonds is 8. The predicted molar refractivity (Wildman–Crippen MR) is 66.3 cm³/mol. The van der Waals surface area contributed by atoms with Crippen molar-refractivity contribution in [2.45, 2.75) is 58.6 Å². The monoisotopic (exact) mass is 292 g/mol. The lowest BCUT2D eigenvalue weighted by molar-refractivity contribution is -0.284. The molecule has 0 aromatic carbocycles. The summed E-state index contributed by atoms with van der Waals surface area (Å²) < 4.78 is 60.7. The van der Waals surface area contributed by atoms with Crippen molar-refractivity contribution >= 4 is 11.8 Å². The average Bonchev–Trinajstić information content (AvgIpc) is 2.21. The van der Waals surface area contributed by atoms with E-state index >= 15 is 0 Å². The largest absolute Gasteiger partial charge is 0.453 e. The maximum Gasteiger partial charge on any atom is 0.453 e. The van der Waals surface area contributed by atoms with Crippen molar-refractivity contribution in [3.63, 3.8) is 0 Å². The van der Waals surface area contributed by atoms with Gasteiger partial charge in [-0.1, -0.05) is 27.2 Å². The van der Waals surface area contributed by atoms with Gasteiger partial charge in [0, 0.05) is 6.42 Å². The van der Waals surface area contributed by atoms with Crippen LogP contribution in [0.2, 0.25) is 0 Å². The van der Waals surface area contributed by atoms with Crippen molar-refractivity contribution < 1.29 is 22.0 Å². The van der Waals surface area contributed by atoms with Gasteiger partial charge in [0.1, 0.15) is 0 Å². The third kappa shape index (κ3) is 6.81. The number of thioether (sulfide) groups is 1. The first-order valence-electron chi connectivity index (χ1n) is 6.04. The van der Waals surface area contributed by atoms with Crippen molar-refractivity contribution in [1.29, 1.82) is 0 Å². The van der Waals surface area contributed by atoms with Gasteiger partial charge in [0.15, 0.2) is 0 Å². The molecule has 0 heterocycles. The summed E-state index contributed by atoms with van der Waals surface area (Å²) in [6.45, 7) is 6.31. The Bertz CT molecular complexity index is 235. The smallest absolute Gasteiger partial charge is 0.196 e. The molecule has 0 saturated heterocycles. The molecule has 0 fully saturated rings. The number of hydrogen-bond acceptors (Lipinski definition) is 1. The van der Waals surface area contributed by atoms with Crippen LogP contribution < -0.4 is 0 Å². The number of halogens is 5. The molecule has 0 spiro atoms. The highest BCUT2D eigenvalue weighted by molar-refractivity contribution is 7.99. The fraction of sp³-hybridized carbons (Fsp3) is 1.00. The minimum Gasteiger partial charge on any atom is -0.196 e. The van der Waals surface area contributed by atoms with Crippen LogP contribution in [0, 0.1) is 5.41 Å². The molecule has 0 N–H and O–H groups in total. The van der Waals surface area contributed by atoms with E-state index in [-0.39, 0.29) is 11.8 Å². The Kier molecular flexibility index (Phi) is 6.96. The fourth-order valence-electron chi connectivity index (χ4n) is 1.17. The Labute approximate surface area is 110 Å². The second-order valence-electron chi connectivity index (χ2n) is 5.19. The van der Waals surface area contributed by atoms with Crippen LogP contribution in [0.3, 0.4) is 0 Å². The lowest BCUT2D eigenvalue weighted by atomic mass is 9.87. The van der Waals surface area contributed by atoms with E-state index in [9.17, 15) is 22.0 Å².